The highest BCUT2D eigenvalue weighted by atomic mass is 32.2. The number of guanidine groups is 1. The van der Waals surface area contributed by atoms with E-state index in [4.69, 9.17) is 10.7 Å². The van der Waals surface area contributed by atoms with Gasteiger partial charge < -0.3 is 10.6 Å². The van der Waals surface area contributed by atoms with Gasteiger partial charge in [-0.15, -0.1) is 11.8 Å². The number of aliphatic imine (C=N–C) groups is 1. The molecule has 4 heteroatoms. The van der Waals surface area contributed by atoms with Gasteiger partial charge >= 0.3 is 0 Å². The van der Waals surface area contributed by atoms with Crippen LogP contribution in [-0.4, -0.2) is 18.3 Å². The fraction of sp³-hybridized carbons (Fsp3) is 0.316. The van der Waals surface area contributed by atoms with Crippen LogP contribution >= 0.6 is 11.8 Å². The Hall–Kier alpha value is -1.94. The third kappa shape index (κ3) is 2.83. The van der Waals surface area contributed by atoms with E-state index in [0.717, 1.165) is 24.4 Å². The second-order valence-electron chi connectivity index (χ2n) is 6.06. The van der Waals surface area contributed by atoms with Crippen LogP contribution in [-0.2, 0) is 12.8 Å². The van der Waals surface area contributed by atoms with Crippen molar-refractivity contribution >= 4 is 29.1 Å². The van der Waals surface area contributed by atoms with E-state index in [1.807, 2.05) is 11.8 Å². The lowest BCUT2D eigenvalue weighted by Gasteiger charge is -2.30. The predicted octanol–water partition coefficient (Wildman–Crippen LogP) is 4.12. The van der Waals surface area contributed by atoms with Crippen LogP contribution in [0.1, 0.15) is 24.0 Å². The van der Waals surface area contributed by atoms with Crippen LogP contribution < -0.4 is 10.6 Å². The van der Waals surface area contributed by atoms with Gasteiger partial charge in [-0.2, -0.15) is 0 Å². The van der Waals surface area contributed by atoms with E-state index in [2.05, 4.69) is 47.4 Å². The van der Waals surface area contributed by atoms with E-state index in [9.17, 15) is 0 Å². The molecule has 2 aliphatic rings. The molecule has 0 spiro atoms. The number of aryl methyl sites for hydroxylation is 1. The summed E-state index contributed by atoms with van der Waals surface area (Å²) < 4.78 is 0. The number of nitrogens with two attached hydrogens (primary N) is 1. The number of hydrogen-bond donors (Lipinski definition) is 1. The zero-order chi connectivity index (χ0) is 15.6. The molecular weight excluding hydrogens is 302 g/mol. The van der Waals surface area contributed by atoms with Gasteiger partial charge in [0.15, 0.2) is 0 Å². The van der Waals surface area contributed by atoms with Crippen LogP contribution in [0.25, 0.3) is 0 Å². The molecule has 2 N–H and O–H groups in total. The summed E-state index contributed by atoms with van der Waals surface area (Å²) in [5, 5.41) is 0. The van der Waals surface area contributed by atoms with Crippen molar-refractivity contribution < 1.29 is 0 Å². The summed E-state index contributed by atoms with van der Waals surface area (Å²) in [5.41, 5.74) is 11.5. The van der Waals surface area contributed by atoms with Gasteiger partial charge in [0.2, 0.25) is 5.96 Å². The van der Waals surface area contributed by atoms with E-state index in [0.29, 0.717) is 5.96 Å². The minimum Gasteiger partial charge on any atom is -0.369 e. The molecular formula is C19H21N3S. The molecule has 2 aromatic carbocycles. The highest BCUT2D eigenvalue weighted by molar-refractivity contribution is 7.99. The predicted molar refractivity (Wildman–Crippen MR) is 98.9 cm³/mol. The van der Waals surface area contributed by atoms with Crippen molar-refractivity contribution in [3.63, 3.8) is 0 Å². The second-order valence-corrected chi connectivity index (χ2v) is 7.20. The van der Waals surface area contributed by atoms with Crippen molar-refractivity contribution in [1.82, 2.24) is 0 Å². The van der Waals surface area contributed by atoms with Gasteiger partial charge in [-0.3, -0.25) is 0 Å². The summed E-state index contributed by atoms with van der Waals surface area (Å²) >= 11 is 1.89. The van der Waals surface area contributed by atoms with E-state index >= 15 is 0 Å². The van der Waals surface area contributed by atoms with Crippen molar-refractivity contribution in [3.8, 4) is 0 Å². The SMILES string of the molecule is NC(=Nc1cccc2c1CCCC2)N1CCSc2ccccc21. The topological polar surface area (TPSA) is 41.6 Å². The lowest BCUT2D eigenvalue weighted by atomic mass is 9.90. The Morgan fingerprint density at radius 3 is 2.87 bits per heavy atom. The first-order valence-electron chi connectivity index (χ1n) is 8.27. The molecule has 2 aromatic rings. The minimum absolute atomic E-state index is 0.608. The minimum atomic E-state index is 0.608. The Morgan fingerprint density at radius 1 is 1.04 bits per heavy atom. The highest BCUT2D eigenvalue weighted by Crippen LogP contribution is 2.35. The Bertz CT molecular complexity index is 754. The average molecular weight is 323 g/mol. The van der Waals surface area contributed by atoms with Gasteiger partial charge in [-0.25, -0.2) is 4.99 Å². The van der Waals surface area contributed by atoms with E-state index in [-0.39, 0.29) is 0 Å². The zero-order valence-electron chi connectivity index (χ0n) is 13.2. The van der Waals surface area contributed by atoms with Crippen molar-refractivity contribution in [2.75, 3.05) is 17.2 Å². The van der Waals surface area contributed by atoms with Crippen LogP contribution in [0.2, 0.25) is 0 Å². The molecule has 3 nitrogen and oxygen atoms in total. The maximum atomic E-state index is 6.40. The molecule has 118 valence electrons. The number of nitrogens with zero attached hydrogens (tertiary/aromatic N) is 2. The summed E-state index contributed by atoms with van der Waals surface area (Å²) in [5.74, 6) is 1.65. The molecule has 0 atom stereocenters. The maximum absolute atomic E-state index is 6.40. The van der Waals surface area contributed by atoms with Crippen molar-refractivity contribution in [2.24, 2.45) is 10.7 Å². The van der Waals surface area contributed by atoms with E-state index in [1.54, 1.807) is 0 Å². The summed E-state index contributed by atoms with van der Waals surface area (Å²) in [6.07, 6.45) is 4.82. The fourth-order valence-electron chi connectivity index (χ4n) is 3.46. The first kappa shape index (κ1) is 14.6. The molecule has 0 amide bonds. The quantitative estimate of drug-likeness (QED) is 0.634. The van der Waals surface area contributed by atoms with Crippen molar-refractivity contribution in [1.29, 1.82) is 0 Å². The van der Waals surface area contributed by atoms with E-state index < -0.39 is 0 Å². The standard InChI is InChI=1S/C19H21N3S/c20-19(22-12-13-23-18-11-4-3-10-17(18)22)21-16-9-5-7-14-6-1-2-8-15(14)16/h3-5,7,9-11H,1-2,6,8,12-13H2,(H2,20,21). The molecule has 4 rings (SSSR count). The third-order valence-electron chi connectivity index (χ3n) is 4.61. The smallest absolute Gasteiger partial charge is 0.201 e. The number of hydrogen-bond acceptors (Lipinski definition) is 2. The average Bonchev–Trinajstić information content (AvgIpc) is 2.61. The van der Waals surface area contributed by atoms with Gasteiger partial charge in [0, 0.05) is 17.2 Å². The molecule has 0 saturated heterocycles. The maximum Gasteiger partial charge on any atom is 0.201 e. The Kier molecular flexibility index (Phi) is 4.00. The highest BCUT2D eigenvalue weighted by Gasteiger charge is 2.20. The van der Waals surface area contributed by atoms with Crippen LogP contribution in [0.5, 0.6) is 0 Å². The first-order chi connectivity index (χ1) is 11.3. The van der Waals surface area contributed by atoms with Crippen LogP contribution in [0.4, 0.5) is 11.4 Å². The molecule has 0 unspecified atom stereocenters. The number of para-hydroxylation sites is 1. The van der Waals surface area contributed by atoms with Gasteiger partial charge in [-0.1, -0.05) is 24.3 Å². The lowest BCUT2D eigenvalue weighted by Crippen LogP contribution is -2.40. The largest absolute Gasteiger partial charge is 0.369 e. The normalized spacial score (nSPS) is 17.6. The van der Waals surface area contributed by atoms with Gasteiger partial charge in [0.05, 0.1) is 11.4 Å². The summed E-state index contributed by atoms with van der Waals surface area (Å²) in [7, 11) is 0. The van der Waals surface area contributed by atoms with Gasteiger partial charge in [0.25, 0.3) is 0 Å². The van der Waals surface area contributed by atoms with Crippen molar-refractivity contribution in [2.45, 2.75) is 30.6 Å². The Morgan fingerprint density at radius 2 is 1.91 bits per heavy atom. The molecule has 1 aliphatic carbocycles. The molecule has 0 bridgehead atoms. The molecule has 1 heterocycles. The lowest BCUT2D eigenvalue weighted by molar-refractivity contribution is 0.686. The van der Waals surface area contributed by atoms with E-state index in [1.165, 1.54) is 41.0 Å². The molecule has 0 aromatic heterocycles. The summed E-state index contributed by atoms with van der Waals surface area (Å²) in [6.45, 7) is 0.909. The number of thioether (sulfide) groups is 1. The molecule has 0 saturated carbocycles. The monoisotopic (exact) mass is 323 g/mol. The summed E-state index contributed by atoms with van der Waals surface area (Å²) in [6, 6.07) is 14.9. The van der Waals surface area contributed by atoms with Crippen LogP contribution in [0, 0.1) is 0 Å². The number of anilines is 1. The van der Waals surface area contributed by atoms with Gasteiger partial charge in [0.1, 0.15) is 0 Å². The molecule has 0 fully saturated rings. The molecule has 23 heavy (non-hydrogen) atoms. The Balaban J connectivity index is 1.70. The van der Waals surface area contributed by atoms with Gasteiger partial charge in [-0.05, 0) is 55.0 Å². The third-order valence-corrected chi connectivity index (χ3v) is 5.65. The number of fused-ring (bicyclic) bond motifs is 2. The van der Waals surface area contributed by atoms with Crippen LogP contribution in [0.3, 0.4) is 0 Å². The molecule has 0 radical (unpaired) electrons. The number of rotatable bonds is 1. The summed E-state index contributed by atoms with van der Waals surface area (Å²) in [4.78, 5) is 8.24. The Labute approximate surface area is 141 Å². The first-order valence-corrected chi connectivity index (χ1v) is 9.26. The fourth-order valence-corrected chi connectivity index (χ4v) is 4.45. The van der Waals surface area contributed by atoms with Crippen LogP contribution in [0.15, 0.2) is 52.4 Å². The second kappa shape index (κ2) is 6.28. The zero-order valence-corrected chi connectivity index (χ0v) is 14.0. The molecule has 1 aliphatic heterocycles. The van der Waals surface area contributed by atoms with Crippen molar-refractivity contribution in [3.05, 3.63) is 53.6 Å². The number of benzene rings is 2.